The highest BCUT2D eigenvalue weighted by Crippen LogP contribution is 2.47. The number of amides is 1. The van der Waals surface area contributed by atoms with Crippen molar-refractivity contribution in [2.75, 3.05) is 18.4 Å². The summed E-state index contributed by atoms with van der Waals surface area (Å²) in [5.74, 6) is 0.295. The zero-order valence-corrected chi connectivity index (χ0v) is 22.0. The number of sulfonamides is 1. The van der Waals surface area contributed by atoms with Gasteiger partial charge in [0.05, 0.1) is 31.1 Å². The number of para-hydroxylation sites is 1. The molecule has 2 heterocycles. The Kier molecular flexibility index (Phi) is 7.74. The maximum atomic E-state index is 13.2. The molecule has 0 aliphatic carbocycles. The molecule has 0 spiro atoms. The molecule has 5 rings (SSSR count). The van der Waals surface area contributed by atoms with Gasteiger partial charge >= 0.3 is 0 Å². The summed E-state index contributed by atoms with van der Waals surface area (Å²) in [5, 5.41) is 12.9. The van der Waals surface area contributed by atoms with Gasteiger partial charge in [-0.1, -0.05) is 18.2 Å². The largest absolute Gasteiger partial charge is 0.496 e. The fourth-order valence-corrected chi connectivity index (χ4v) is 6.15. The number of fused-ring (bicyclic) bond motifs is 3. The Hall–Kier alpha value is -3.67. The number of carbonyl (C=O) groups excluding carboxylic acids is 1. The van der Waals surface area contributed by atoms with E-state index in [4.69, 9.17) is 14.2 Å². The minimum absolute atomic E-state index is 0.0656. The quantitative estimate of drug-likeness (QED) is 0.370. The van der Waals surface area contributed by atoms with Crippen molar-refractivity contribution in [1.29, 1.82) is 0 Å². The van der Waals surface area contributed by atoms with Crippen LogP contribution in [0.25, 0.3) is 0 Å². The molecule has 2 aliphatic rings. The third-order valence-electron chi connectivity index (χ3n) is 6.96. The van der Waals surface area contributed by atoms with Gasteiger partial charge < -0.3 is 24.6 Å². The van der Waals surface area contributed by atoms with Crippen LogP contribution in [-0.2, 0) is 26.1 Å². The normalized spacial score (nSPS) is 21.8. The van der Waals surface area contributed by atoms with Crippen molar-refractivity contribution in [2.45, 2.75) is 48.5 Å². The fraction of sp³-hybridized carbons (Fsp3) is 0.321. The number of hydrogen-bond acceptors (Lipinski definition) is 7. The molecule has 0 unspecified atom stereocenters. The van der Waals surface area contributed by atoms with Gasteiger partial charge in [0.1, 0.15) is 29.5 Å². The number of methoxy groups -OCH3 is 1. The first-order valence-corrected chi connectivity index (χ1v) is 14.0. The van der Waals surface area contributed by atoms with Crippen LogP contribution < -0.4 is 19.5 Å². The van der Waals surface area contributed by atoms with E-state index >= 15 is 0 Å². The molecular formula is C28H29FN2O7S. The number of aliphatic hydroxyl groups is 1. The van der Waals surface area contributed by atoms with E-state index in [1.165, 1.54) is 12.1 Å². The Morgan fingerprint density at radius 1 is 1.13 bits per heavy atom. The highest BCUT2D eigenvalue weighted by atomic mass is 32.2. The van der Waals surface area contributed by atoms with Crippen molar-refractivity contribution >= 4 is 21.6 Å². The van der Waals surface area contributed by atoms with E-state index < -0.39 is 34.2 Å². The molecule has 206 valence electrons. The number of ether oxygens (including phenoxy) is 3. The Bertz CT molecular complexity index is 1450. The molecule has 1 amide bonds. The number of aliphatic hydroxyl groups excluding tert-OH is 1. The minimum atomic E-state index is -3.94. The Morgan fingerprint density at radius 2 is 1.90 bits per heavy atom. The van der Waals surface area contributed by atoms with Crippen LogP contribution >= 0.6 is 0 Å². The van der Waals surface area contributed by atoms with E-state index in [1.807, 2.05) is 24.3 Å². The van der Waals surface area contributed by atoms with Gasteiger partial charge in [0.25, 0.3) is 10.0 Å². The number of anilines is 1. The molecule has 1 saturated heterocycles. The molecule has 2 aliphatic heterocycles. The summed E-state index contributed by atoms with van der Waals surface area (Å²) in [6.07, 6.45) is -1.06. The molecule has 9 nitrogen and oxygen atoms in total. The fourth-order valence-electron chi connectivity index (χ4n) is 5.10. The van der Waals surface area contributed by atoms with Crippen molar-refractivity contribution in [3.63, 3.8) is 0 Å². The van der Waals surface area contributed by atoms with Gasteiger partial charge in [-0.2, -0.15) is 0 Å². The van der Waals surface area contributed by atoms with Gasteiger partial charge in [0.2, 0.25) is 5.91 Å². The predicted octanol–water partition coefficient (Wildman–Crippen LogP) is 3.34. The van der Waals surface area contributed by atoms with Crippen LogP contribution in [-0.4, -0.2) is 51.5 Å². The molecular weight excluding hydrogens is 527 g/mol. The first kappa shape index (κ1) is 26.9. The van der Waals surface area contributed by atoms with Crippen molar-refractivity contribution in [2.24, 2.45) is 0 Å². The molecule has 0 bridgehead atoms. The lowest BCUT2D eigenvalue weighted by Gasteiger charge is -2.37. The van der Waals surface area contributed by atoms with Gasteiger partial charge in [0.15, 0.2) is 0 Å². The summed E-state index contributed by atoms with van der Waals surface area (Å²) in [6.45, 7) is 0.00704. The van der Waals surface area contributed by atoms with Crippen LogP contribution in [0.2, 0.25) is 0 Å². The maximum Gasteiger partial charge on any atom is 0.261 e. The summed E-state index contributed by atoms with van der Waals surface area (Å²) < 4.78 is 58.8. The van der Waals surface area contributed by atoms with Crippen LogP contribution in [0.4, 0.5) is 10.1 Å². The second-order valence-electron chi connectivity index (χ2n) is 9.51. The molecule has 0 aromatic heterocycles. The predicted molar refractivity (Wildman–Crippen MR) is 141 cm³/mol. The van der Waals surface area contributed by atoms with E-state index in [-0.39, 0.29) is 29.7 Å². The van der Waals surface area contributed by atoms with Crippen LogP contribution in [0.1, 0.15) is 29.9 Å². The van der Waals surface area contributed by atoms with Crippen LogP contribution in [0.5, 0.6) is 11.5 Å². The van der Waals surface area contributed by atoms with Crippen LogP contribution in [0, 0.1) is 5.82 Å². The van der Waals surface area contributed by atoms with Crippen LogP contribution in [0.3, 0.4) is 0 Å². The first-order chi connectivity index (χ1) is 18.8. The summed E-state index contributed by atoms with van der Waals surface area (Å²) in [7, 11) is -2.37. The molecule has 0 radical (unpaired) electrons. The zero-order chi connectivity index (χ0) is 27.6. The standard InChI is InChI=1S/C28H29FN2O7S/c1-36-24-5-3-2-4-17(24)15-30-27(33)14-20-13-23-22-12-19(8-11-25(22)38-28(23)26(16-32)37-20)31-39(34,35)21-9-6-18(29)7-10-21/h2-12,20,23,26,28,31-32H,13-16H2,1H3,(H,30,33)/t20-,23+,26+,28-/m1/s1. The van der Waals surface area contributed by atoms with E-state index in [0.717, 1.165) is 23.3 Å². The van der Waals surface area contributed by atoms with E-state index in [9.17, 15) is 22.7 Å². The smallest absolute Gasteiger partial charge is 0.261 e. The number of hydrogen-bond donors (Lipinski definition) is 3. The number of benzene rings is 3. The summed E-state index contributed by atoms with van der Waals surface area (Å²) in [5.41, 5.74) is 1.93. The lowest BCUT2D eigenvalue weighted by atomic mass is 9.84. The molecule has 1 fully saturated rings. The number of rotatable bonds is 9. The lowest BCUT2D eigenvalue weighted by Crippen LogP contribution is -2.47. The SMILES string of the molecule is COc1ccccc1CNC(=O)C[C@H]1C[C@H]2c3cc(NS(=O)(=O)c4ccc(F)cc4)ccc3O[C@H]2[C@H](CO)O1. The molecule has 0 saturated carbocycles. The molecule has 3 aromatic rings. The van der Waals surface area contributed by atoms with Gasteiger partial charge in [-0.3, -0.25) is 9.52 Å². The van der Waals surface area contributed by atoms with E-state index in [0.29, 0.717) is 30.2 Å². The molecule has 11 heteroatoms. The maximum absolute atomic E-state index is 13.2. The van der Waals surface area contributed by atoms with Crippen molar-refractivity contribution in [1.82, 2.24) is 5.32 Å². The Balaban J connectivity index is 1.28. The highest BCUT2D eigenvalue weighted by molar-refractivity contribution is 7.92. The third kappa shape index (κ3) is 5.85. The molecule has 39 heavy (non-hydrogen) atoms. The van der Waals surface area contributed by atoms with Crippen molar-refractivity contribution in [3.8, 4) is 11.5 Å². The molecule has 3 aromatic carbocycles. The number of carbonyl (C=O) groups is 1. The average molecular weight is 557 g/mol. The second kappa shape index (κ2) is 11.2. The van der Waals surface area contributed by atoms with Crippen LogP contribution in [0.15, 0.2) is 71.6 Å². The van der Waals surface area contributed by atoms with Gasteiger partial charge in [0, 0.05) is 29.3 Å². The zero-order valence-electron chi connectivity index (χ0n) is 21.2. The first-order valence-electron chi connectivity index (χ1n) is 12.5. The second-order valence-corrected chi connectivity index (χ2v) is 11.2. The average Bonchev–Trinajstić information content (AvgIpc) is 3.29. The van der Waals surface area contributed by atoms with Crippen molar-refractivity contribution in [3.05, 3.63) is 83.7 Å². The van der Waals surface area contributed by atoms with Gasteiger partial charge in [-0.15, -0.1) is 0 Å². The Morgan fingerprint density at radius 3 is 2.64 bits per heavy atom. The summed E-state index contributed by atoms with van der Waals surface area (Å²) in [6, 6.07) is 16.9. The van der Waals surface area contributed by atoms with E-state index in [1.54, 1.807) is 25.3 Å². The highest BCUT2D eigenvalue weighted by Gasteiger charge is 2.46. The van der Waals surface area contributed by atoms with Gasteiger partial charge in [-0.25, -0.2) is 12.8 Å². The summed E-state index contributed by atoms with van der Waals surface area (Å²) >= 11 is 0. The van der Waals surface area contributed by atoms with E-state index in [2.05, 4.69) is 10.0 Å². The molecule has 3 N–H and O–H groups in total. The Labute approximate surface area is 226 Å². The number of nitrogens with one attached hydrogen (secondary N) is 2. The third-order valence-corrected chi connectivity index (χ3v) is 8.35. The summed E-state index contributed by atoms with van der Waals surface area (Å²) in [4.78, 5) is 12.7. The number of halogens is 1. The van der Waals surface area contributed by atoms with Crippen molar-refractivity contribution < 1.29 is 36.9 Å². The topological polar surface area (TPSA) is 123 Å². The monoisotopic (exact) mass is 556 g/mol. The van der Waals surface area contributed by atoms with Gasteiger partial charge in [-0.05, 0) is 55.0 Å². The lowest BCUT2D eigenvalue weighted by molar-refractivity contribution is -0.142. The minimum Gasteiger partial charge on any atom is -0.496 e. The molecule has 4 atom stereocenters.